The van der Waals surface area contributed by atoms with Crippen molar-refractivity contribution in [3.63, 3.8) is 0 Å². The first-order valence-electron chi connectivity index (χ1n) is 7.23. The molecule has 0 radical (unpaired) electrons. The third-order valence-electron chi connectivity index (χ3n) is 4.22. The van der Waals surface area contributed by atoms with Crippen molar-refractivity contribution < 1.29 is 0 Å². The van der Waals surface area contributed by atoms with E-state index in [1.54, 1.807) is 0 Å². The second-order valence-electron chi connectivity index (χ2n) is 5.82. The lowest BCUT2D eigenvalue weighted by atomic mass is 9.83. The van der Waals surface area contributed by atoms with Crippen molar-refractivity contribution in [1.29, 1.82) is 0 Å². The van der Waals surface area contributed by atoms with Gasteiger partial charge in [0, 0.05) is 11.7 Å². The summed E-state index contributed by atoms with van der Waals surface area (Å²) >= 11 is 0. The van der Waals surface area contributed by atoms with Crippen LogP contribution in [0.25, 0.3) is 0 Å². The van der Waals surface area contributed by atoms with E-state index in [1.165, 1.54) is 35.2 Å². The SMILES string of the molecule is C=C(C)[C@@H]1CCC(C)=C(N[C@@H](C)c2ccccc2)C1. The summed E-state index contributed by atoms with van der Waals surface area (Å²) in [5, 5.41) is 3.71. The highest BCUT2D eigenvalue weighted by molar-refractivity contribution is 5.23. The lowest BCUT2D eigenvalue weighted by Gasteiger charge is -2.29. The molecule has 0 unspecified atom stereocenters. The normalized spacial score (nSPS) is 21.1. The van der Waals surface area contributed by atoms with E-state index in [1.807, 2.05) is 0 Å². The number of rotatable bonds is 4. The maximum Gasteiger partial charge on any atom is 0.0482 e. The Hall–Kier alpha value is -1.50. The number of hydrogen-bond donors (Lipinski definition) is 1. The molecule has 0 fully saturated rings. The van der Waals surface area contributed by atoms with Gasteiger partial charge < -0.3 is 5.32 Å². The molecule has 0 saturated heterocycles. The zero-order valence-corrected chi connectivity index (χ0v) is 12.4. The zero-order valence-electron chi connectivity index (χ0n) is 12.4. The van der Waals surface area contributed by atoms with Gasteiger partial charge >= 0.3 is 0 Å². The van der Waals surface area contributed by atoms with Crippen molar-refractivity contribution in [2.75, 3.05) is 0 Å². The van der Waals surface area contributed by atoms with E-state index in [0.29, 0.717) is 12.0 Å². The topological polar surface area (TPSA) is 12.0 Å². The molecule has 19 heavy (non-hydrogen) atoms. The summed E-state index contributed by atoms with van der Waals surface area (Å²) in [5.41, 5.74) is 5.61. The fourth-order valence-corrected chi connectivity index (χ4v) is 2.75. The third-order valence-corrected chi connectivity index (χ3v) is 4.22. The van der Waals surface area contributed by atoms with Gasteiger partial charge in [-0.1, -0.05) is 48.1 Å². The molecule has 0 spiro atoms. The molecule has 1 aromatic carbocycles. The van der Waals surface area contributed by atoms with Gasteiger partial charge in [-0.3, -0.25) is 0 Å². The second-order valence-corrected chi connectivity index (χ2v) is 5.82. The van der Waals surface area contributed by atoms with E-state index < -0.39 is 0 Å². The molecule has 0 saturated carbocycles. The molecule has 0 aliphatic heterocycles. The van der Waals surface area contributed by atoms with Gasteiger partial charge in [0.15, 0.2) is 0 Å². The molecule has 1 aliphatic carbocycles. The molecule has 1 heteroatoms. The van der Waals surface area contributed by atoms with Crippen LogP contribution in [-0.4, -0.2) is 0 Å². The minimum Gasteiger partial charge on any atom is -0.382 e. The van der Waals surface area contributed by atoms with Gasteiger partial charge in [0.05, 0.1) is 0 Å². The second kappa shape index (κ2) is 6.10. The molecule has 1 nitrogen and oxygen atoms in total. The first-order chi connectivity index (χ1) is 9.08. The van der Waals surface area contributed by atoms with Crippen LogP contribution in [0, 0.1) is 5.92 Å². The first-order valence-corrected chi connectivity index (χ1v) is 7.23. The van der Waals surface area contributed by atoms with Crippen molar-refractivity contribution in [1.82, 2.24) is 5.32 Å². The molecule has 0 heterocycles. The molecule has 0 amide bonds. The van der Waals surface area contributed by atoms with Crippen LogP contribution in [0.2, 0.25) is 0 Å². The minimum absolute atomic E-state index is 0.370. The van der Waals surface area contributed by atoms with E-state index in [9.17, 15) is 0 Å². The van der Waals surface area contributed by atoms with E-state index in [0.717, 1.165) is 6.42 Å². The van der Waals surface area contributed by atoms with Crippen molar-refractivity contribution in [2.24, 2.45) is 5.92 Å². The van der Waals surface area contributed by atoms with E-state index >= 15 is 0 Å². The summed E-state index contributed by atoms with van der Waals surface area (Å²) < 4.78 is 0. The Bertz CT molecular complexity index is 470. The van der Waals surface area contributed by atoms with Crippen LogP contribution in [0.5, 0.6) is 0 Å². The minimum atomic E-state index is 0.370. The molecule has 1 N–H and O–H groups in total. The standard InChI is InChI=1S/C18H25N/c1-13(2)17-11-10-14(3)18(12-17)19-15(4)16-8-6-5-7-9-16/h5-9,15,17,19H,1,10-12H2,2-4H3/t15-,17+/m0/s1. The summed E-state index contributed by atoms with van der Waals surface area (Å²) in [7, 11) is 0. The number of benzene rings is 1. The summed E-state index contributed by atoms with van der Waals surface area (Å²) in [5.74, 6) is 0.647. The van der Waals surface area contributed by atoms with Gasteiger partial charge in [-0.2, -0.15) is 0 Å². The molecular weight excluding hydrogens is 230 g/mol. The fourth-order valence-electron chi connectivity index (χ4n) is 2.75. The van der Waals surface area contributed by atoms with Crippen LogP contribution in [0.3, 0.4) is 0 Å². The Morgan fingerprint density at radius 3 is 2.63 bits per heavy atom. The predicted molar refractivity (Wildman–Crippen MR) is 82.8 cm³/mol. The molecule has 102 valence electrons. The molecule has 0 bridgehead atoms. The number of hydrogen-bond acceptors (Lipinski definition) is 1. The predicted octanol–water partition coefficient (Wildman–Crippen LogP) is 4.99. The van der Waals surface area contributed by atoms with Gasteiger partial charge in [0.2, 0.25) is 0 Å². The third kappa shape index (κ3) is 3.50. The van der Waals surface area contributed by atoms with Crippen LogP contribution in [-0.2, 0) is 0 Å². The molecule has 1 aliphatic rings. The highest BCUT2D eigenvalue weighted by Crippen LogP contribution is 2.32. The van der Waals surface area contributed by atoms with Crippen LogP contribution >= 0.6 is 0 Å². The molecular formula is C18H25N. The quantitative estimate of drug-likeness (QED) is 0.748. The summed E-state index contributed by atoms with van der Waals surface area (Å²) in [6.45, 7) is 10.8. The van der Waals surface area contributed by atoms with Gasteiger partial charge in [-0.05, 0) is 51.5 Å². The van der Waals surface area contributed by atoms with Crippen LogP contribution in [0.1, 0.15) is 51.6 Å². The number of nitrogens with one attached hydrogen (secondary N) is 1. The van der Waals surface area contributed by atoms with Gasteiger partial charge in [0.1, 0.15) is 0 Å². The lowest BCUT2D eigenvalue weighted by Crippen LogP contribution is -2.24. The molecule has 2 atom stereocenters. The van der Waals surface area contributed by atoms with Gasteiger partial charge in [-0.25, -0.2) is 0 Å². The van der Waals surface area contributed by atoms with Crippen LogP contribution in [0.4, 0.5) is 0 Å². The Morgan fingerprint density at radius 2 is 2.00 bits per heavy atom. The maximum atomic E-state index is 4.13. The largest absolute Gasteiger partial charge is 0.382 e. The van der Waals surface area contributed by atoms with Crippen molar-refractivity contribution in [2.45, 2.75) is 46.1 Å². The van der Waals surface area contributed by atoms with E-state index in [-0.39, 0.29) is 0 Å². The fraction of sp³-hybridized carbons (Fsp3) is 0.444. The van der Waals surface area contributed by atoms with Crippen molar-refractivity contribution in [3.8, 4) is 0 Å². The van der Waals surface area contributed by atoms with Crippen LogP contribution < -0.4 is 5.32 Å². The van der Waals surface area contributed by atoms with E-state index in [2.05, 4.69) is 63.0 Å². The lowest BCUT2D eigenvalue weighted by molar-refractivity contribution is 0.478. The Morgan fingerprint density at radius 1 is 1.32 bits per heavy atom. The maximum absolute atomic E-state index is 4.13. The van der Waals surface area contributed by atoms with Gasteiger partial charge in [-0.15, -0.1) is 0 Å². The summed E-state index contributed by atoms with van der Waals surface area (Å²) in [6, 6.07) is 11.0. The van der Waals surface area contributed by atoms with Gasteiger partial charge in [0.25, 0.3) is 0 Å². The Labute approximate surface area is 117 Å². The highest BCUT2D eigenvalue weighted by atomic mass is 14.9. The molecule has 2 rings (SSSR count). The van der Waals surface area contributed by atoms with E-state index in [4.69, 9.17) is 0 Å². The smallest absolute Gasteiger partial charge is 0.0482 e. The Kier molecular flexibility index (Phi) is 4.47. The van der Waals surface area contributed by atoms with Crippen LogP contribution in [0.15, 0.2) is 53.8 Å². The summed E-state index contributed by atoms with van der Waals surface area (Å²) in [4.78, 5) is 0. The Balaban J connectivity index is 2.07. The highest BCUT2D eigenvalue weighted by Gasteiger charge is 2.20. The zero-order chi connectivity index (χ0) is 13.8. The average molecular weight is 255 g/mol. The molecule has 0 aromatic heterocycles. The first kappa shape index (κ1) is 13.9. The molecule has 1 aromatic rings. The van der Waals surface area contributed by atoms with Crippen molar-refractivity contribution in [3.05, 3.63) is 59.3 Å². The average Bonchev–Trinajstić information content (AvgIpc) is 2.42. The number of allylic oxidation sites excluding steroid dienone is 3. The summed E-state index contributed by atoms with van der Waals surface area (Å²) in [6.07, 6.45) is 3.58. The van der Waals surface area contributed by atoms with Crippen molar-refractivity contribution >= 4 is 0 Å². The monoisotopic (exact) mass is 255 g/mol.